The first-order valence-electron chi connectivity index (χ1n) is 5.74. The minimum absolute atomic E-state index is 0.118. The molecule has 1 aromatic heterocycles. The van der Waals surface area contributed by atoms with E-state index in [-0.39, 0.29) is 17.3 Å². The minimum atomic E-state index is -3.56. The van der Waals surface area contributed by atoms with Crippen molar-refractivity contribution in [3.05, 3.63) is 53.7 Å². The Morgan fingerprint density at radius 1 is 1.21 bits per heavy atom. The fraction of sp³-hybridized carbons (Fsp3) is 0.154. The van der Waals surface area contributed by atoms with E-state index in [0.717, 1.165) is 11.1 Å². The van der Waals surface area contributed by atoms with Crippen molar-refractivity contribution in [2.75, 3.05) is 5.73 Å². The Kier molecular flexibility index (Phi) is 3.82. The second-order valence-electron chi connectivity index (χ2n) is 4.23. The Morgan fingerprint density at radius 3 is 2.53 bits per heavy atom. The van der Waals surface area contributed by atoms with Gasteiger partial charge in [-0.25, -0.2) is 18.1 Å². The van der Waals surface area contributed by atoms with Crippen molar-refractivity contribution in [2.24, 2.45) is 0 Å². The summed E-state index contributed by atoms with van der Waals surface area (Å²) in [6, 6.07) is 10.4. The number of pyridine rings is 1. The van der Waals surface area contributed by atoms with Crippen LogP contribution in [0.25, 0.3) is 0 Å². The Hall–Kier alpha value is -1.92. The molecule has 2 aromatic rings. The molecule has 3 N–H and O–H groups in total. The van der Waals surface area contributed by atoms with E-state index < -0.39 is 10.0 Å². The molecule has 0 aliphatic rings. The van der Waals surface area contributed by atoms with Crippen LogP contribution < -0.4 is 10.5 Å². The van der Waals surface area contributed by atoms with Gasteiger partial charge in [0.1, 0.15) is 5.82 Å². The number of nitrogen functional groups attached to an aromatic ring is 1. The summed E-state index contributed by atoms with van der Waals surface area (Å²) in [6.45, 7) is 2.22. The van der Waals surface area contributed by atoms with Crippen LogP contribution in [0.5, 0.6) is 0 Å². The number of nitrogens with zero attached hydrogens (tertiary/aromatic N) is 1. The molecule has 0 spiro atoms. The van der Waals surface area contributed by atoms with E-state index >= 15 is 0 Å². The largest absolute Gasteiger partial charge is 0.384 e. The van der Waals surface area contributed by atoms with E-state index in [1.54, 1.807) is 0 Å². The summed E-state index contributed by atoms with van der Waals surface area (Å²) in [6.07, 6.45) is 1.37. The number of benzene rings is 1. The monoisotopic (exact) mass is 277 g/mol. The lowest BCUT2D eigenvalue weighted by molar-refractivity contribution is 0.581. The molecule has 5 nitrogen and oxygen atoms in total. The van der Waals surface area contributed by atoms with Gasteiger partial charge < -0.3 is 5.73 Å². The molecule has 0 bridgehead atoms. The van der Waals surface area contributed by atoms with E-state index in [4.69, 9.17) is 5.73 Å². The highest BCUT2D eigenvalue weighted by Crippen LogP contribution is 2.11. The lowest BCUT2D eigenvalue weighted by Gasteiger charge is -2.07. The first-order valence-corrected chi connectivity index (χ1v) is 7.22. The zero-order valence-electron chi connectivity index (χ0n) is 10.5. The highest BCUT2D eigenvalue weighted by Gasteiger charge is 2.13. The predicted molar refractivity (Wildman–Crippen MR) is 73.9 cm³/mol. The van der Waals surface area contributed by atoms with E-state index in [0.29, 0.717) is 0 Å². The zero-order chi connectivity index (χ0) is 13.9. The number of aryl methyl sites for hydroxylation is 1. The molecular weight excluding hydrogens is 262 g/mol. The number of hydrogen-bond acceptors (Lipinski definition) is 4. The molecule has 0 aliphatic carbocycles. The molecule has 19 heavy (non-hydrogen) atoms. The summed E-state index contributed by atoms with van der Waals surface area (Å²) in [5.41, 5.74) is 7.51. The van der Waals surface area contributed by atoms with Crippen LogP contribution in [0.1, 0.15) is 11.1 Å². The van der Waals surface area contributed by atoms with Crippen LogP contribution in [0.15, 0.2) is 47.5 Å². The Bertz CT molecular complexity index is 667. The van der Waals surface area contributed by atoms with Crippen molar-refractivity contribution in [1.82, 2.24) is 9.71 Å². The van der Waals surface area contributed by atoms with Crippen LogP contribution in [-0.4, -0.2) is 13.4 Å². The van der Waals surface area contributed by atoms with Gasteiger partial charge >= 0.3 is 0 Å². The van der Waals surface area contributed by atoms with Crippen LogP contribution in [0.3, 0.4) is 0 Å². The van der Waals surface area contributed by atoms with Crippen molar-refractivity contribution >= 4 is 15.8 Å². The molecule has 6 heteroatoms. The molecule has 100 valence electrons. The van der Waals surface area contributed by atoms with E-state index in [1.807, 2.05) is 31.2 Å². The number of nitrogens with one attached hydrogen (secondary N) is 1. The van der Waals surface area contributed by atoms with Crippen molar-refractivity contribution in [2.45, 2.75) is 18.4 Å². The number of hydrogen-bond donors (Lipinski definition) is 2. The third-order valence-corrected chi connectivity index (χ3v) is 4.05. The number of sulfonamides is 1. The lowest BCUT2D eigenvalue weighted by atomic mass is 10.2. The van der Waals surface area contributed by atoms with Gasteiger partial charge in [0.2, 0.25) is 10.0 Å². The molecule has 1 heterocycles. The van der Waals surface area contributed by atoms with Gasteiger partial charge in [0.05, 0.1) is 4.90 Å². The topological polar surface area (TPSA) is 85.1 Å². The number of aromatic nitrogens is 1. The standard InChI is InChI=1S/C13H15N3O2S/c1-10-2-4-11(5-3-10)9-16-19(17,18)12-6-7-15-13(14)8-12/h2-8,16H,9H2,1H3,(H2,14,15). The van der Waals surface area contributed by atoms with Crippen LogP contribution in [0, 0.1) is 6.92 Å². The molecule has 2 rings (SSSR count). The van der Waals surface area contributed by atoms with E-state index in [1.165, 1.54) is 18.3 Å². The molecule has 0 saturated heterocycles. The van der Waals surface area contributed by atoms with Crippen molar-refractivity contribution < 1.29 is 8.42 Å². The normalized spacial score (nSPS) is 11.4. The van der Waals surface area contributed by atoms with Gasteiger partial charge in [-0.15, -0.1) is 0 Å². The average Bonchev–Trinajstić information content (AvgIpc) is 2.38. The number of anilines is 1. The van der Waals surface area contributed by atoms with E-state index in [9.17, 15) is 8.42 Å². The Morgan fingerprint density at radius 2 is 1.89 bits per heavy atom. The highest BCUT2D eigenvalue weighted by atomic mass is 32.2. The maximum Gasteiger partial charge on any atom is 0.241 e. The molecule has 0 aliphatic heterocycles. The van der Waals surface area contributed by atoms with Crippen LogP contribution in [0.4, 0.5) is 5.82 Å². The fourth-order valence-electron chi connectivity index (χ4n) is 1.56. The first kappa shape index (κ1) is 13.5. The summed E-state index contributed by atoms with van der Waals surface area (Å²) in [5.74, 6) is 0.179. The van der Waals surface area contributed by atoms with Gasteiger partial charge in [0.25, 0.3) is 0 Å². The van der Waals surface area contributed by atoms with Gasteiger partial charge in [-0.05, 0) is 18.6 Å². The van der Waals surface area contributed by atoms with Gasteiger partial charge in [-0.2, -0.15) is 0 Å². The van der Waals surface area contributed by atoms with Gasteiger partial charge in [0, 0.05) is 18.8 Å². The van der Waals surface area contributed by atoms with E-state index in [2.05, 4.69) is 9.71 Å². The molecule has 1 aromatic carbocycles. The summed E-state index contributed by atoms with van der Waals surface area (Å²) < 4.78 is 26.6. The van der Waals surface area contributed by atoms with Gasteiger partial charge in [-0.1, -0.05) is 29.8 Å². The predicted octanol–water partition coefficient (Wildman–Crippen LogP) is 1.45. The van der Waals surface area contributed by atoms with Crippen LogP contribution in [-0.2, 0) is 16.6 Å². The molecule has 0 amide bonds. The molecule has 0 unspecified atom stereocenters. The van der Waals surface area contributed by atoms with Gasteiger partial charge in [-0.3, -0.25) is 0 Å². The third kappa shape index (κ3) is 3.52. The molecule has 0 radical (unpaired) electrons. The smallest absolute Gasteiger partial charge is 0.241 e. The summed E-state index contributed by atoms with van der Waals surface area (Å²) in [4.78, 5) is 3.88. The number of nitrogens with two attached hydrogens (primary N) is 1. The molecule has 0 fully saturated rings. The zero-order valence-corrected chi connectivity index (χ0v) is 11.3. The first-order chi connectivity index (χ1) is 8.97. The maximum atomic E-state index is 12.0. The van der Waals surface area contributed by atoms with Crippen molar-refractivity contribution in [3.8, 4) is 0 Å². The summed E-state index contributed by atoms with van der Waals surface area (Å²) in [7, 11) is -3.56. The fourth-order valence-corrected chi connectivity index (χ4v) is 2.60. The quantitative estimate of drug-likeness (QED) is 0.885. The minimum Gasteiger partial charge on any atom is -0.384 e. The Labute approximate surface area is 112 Å². The second-order valence-corrected chi connectivity index (χ2v) is 5.99. The third-order valence-electron chi connectivity index (χ3n) is 2.65. The van der Waals surface area contributed by atoms with Gasteiger partial charge in [0.15, 0.2) is 0 Å². The average molecular weight is 277 g/mol. The second kappa shape index (κ2) is 5.38. The lowest BCUT2D eigenvalue weighted by Crippen LogP contribution is -2.23. The molecule has 0 saturated carbocycles. The molecular formula is C13H15N3O2S. The van der Waals surface area contributed by atoms with Crippen LogP contribution in [0.2, 0.25) is 0 Å². The molecule has 0 atom stereocenters. The maximum absolute atomic E-state index is 12.0. The number of rotatable bonds is 4. The van der Waals surface area contributed by atoms with Crippen molar-refractivity contribution in [1.29, 1.82) is 0 Å². The SMILES string of the molecule is Cc1ccc(CNS(=O)(=O)c2ccnc(N)c2)cc1. The van der Waals surface area contributed by atoms with Crippen LogP contribution >= 0.6 is 0 Å². The Balaban J connectivity index is 2.12. The highest BCUT2D eigenvalue weighted by molar-refractivity contribution is 7.89. The summed E-state index contributed by atoms with van der Waals surface area (Å²) >= 11 is 0. The van der Waals surface area contributed by atoms with Crippen molar-refractivity contribution in [3.63, 3.8) is 0 Å². The summed E-state index contributed by atoms with van der Waals surface area (Å²) in [5, 5.41) is 0.